The van der Waals surface area contributed by atoms with Crippen molar-refractivity contribution in [2.75, 3.05) is 32.2 Å². The molecule has 2 aromatic heterocycles. The maximum atomic E-state index is 9.14. The molecule has 136 valence electrons. The Morgan fingerprint density at radius 1 is 1.16 bits per heavy atom. The molecule has 2 heterocycles. The molecule has 0 amide bonds. The Hall–Kier alpha value is -2.14. The number of anilines is 1. The van der Waals surface area contributed by atoms with Crippen molar-refractivity contribution in [2.24, 2.45) is 0 Å². The molecule has 0 radical (unpaired) electrons. The molecule has 2 aromatic rings. The Morgan fingerprint density at radius 3 is 2.52 bits per heavy atom. The highest BCUT2D eigenvalue weighted by Crippen LogP contribution is 2.31. The van der Waals surface area contributed by atoms with Crippen molar-refractivity contribution in [2.45, 2.75) is 40.0 Å². The molecule has 5 heteroatoms. The van der Waals surface area contributed by atoms with Crippen molar-refractivity contribution in [1.29, 1.82) is 0 Å². The van der Waals surface area contributed by atoms with Crippen LogP contribution in [0.3, 0.4) is 0 Å². The van der Waals surface area contributed by atoms with Gasteiger partial charge in [-0.1, -0.05) is 13.0 Å². The molecule has 1 N–H and O–H groups in total. The average Bonchev–Trinajstić information content (AvgIpc) is 2.60. The summed E-state index contributed by atoms with van der Waals surface area (Å²) in [6.45, 7) is 6.94. The highest BCUT2D eigenvalue weighted by atomic mass is 16.5. The molecule has 5 nitrogen and oxygen atoms in total. The summed E-state index contributed by atoms with van der Waals surface area (Å²) in [5, 5.41) is 9.14. The molecule has 0 saturated heterocycles. The van der Waals surface area contributed by atoms with E-state index in [1.54, 1.807) is 0 Å². The predicted octanol–water partition coefficient (Wildman–Crippen LogP) is 3.40. The average molecular weight is 343 g/mol. The first-order valence-corrected chi connectivity index (χ1v) is 8.93. The van der Waals surface area contributed by atoms with Gasteiger partial charge in [-0.3, -0.25) is 0 Å². The lowest BCUT2D eigenvalue weighted by Crippen LogP contribution is -2.15. The second-order valence-electron chi connectivity index (χ2n) is 6.29. The summed E-state index contributed by atoms with van der Waals surface area (Å²) >= 11 is 0. The lowest BCUT2D eigenvalue weighted by molar-refractivity contribution is 0.288. The van der Waals surface area contributed by atoms with Gasteiger partial charge >= 0.3 is 0 Å². The SMILES string of the molecule is CCOc1ccc(-c2nc(N(C)C)c(CCCO)cc2C)c(CC)n1. The van der Waals surface area contributed by atoms with Gasteiger partial charge in [0.25, 0.3) is 0 Å². The monoisotopic (exact) mass is 343 g/mol. The van der Waals surface area contributed by atoms with Gasteiger partial charge in [0, 0.05) is 32.3 Å². The van der Waals surface area contributed by atoms with E-state index in [4.69, 9.17) is 14.8 Å². The number of hydrogen-bond acceptors (Lipinski definition) is 5. The molecule has 0 bridgehead atoms. The molecule has 0 atom stereocenters. The Morgan fingerprint density at radius 2 is 1.92 bits per heavy atom. The molecule has 2 rings (SSSR count). The molecular formula is C20H29N3O2. The zero-order chi connectivity index (χ0) is 18.4. The van der Waals surface area contributed by atoms with Crippen LogP contribution in [0.4, 0.5) is 5.82 Å². The third kappa shape index (κ3) is 4.48. The van der Waals surface area contributed by atoms with Crippen molar-refractivity contribution in [1.82, 2.24) is 9.97 Å². The fourth-order valence-corrected chi connectivity index (χ4v) is 2.97. The van der Waals surface area contributed by atoms with Crippen LogP contribution >= 0.6 is 0 Å². The Bertz CT molecular complexity index is 714. The zero-order valence-corrected chi connectivity index (χ0v) is 16.0. The van der Waals surface area contributed by atoms with Crippen LogP contribution in [0.1, 0.15) is 37.1 Å². The first-order valence-electron chi connectivity index (χ1n) is 8.93. The minimum atomic E-state index is 0.191. The van der Waals surface area contributed by atoms with Crippen molar-refractivity contribution in [3.05, 3.63) is 35.0 Å². The molecule has 25 heavy (non-hydrogen) atoms. The summed E-state index contributed by atoms with van der Waals surface area (Å²) in [6.07, 6.45) is 2.38. The topological polar surface area (TPSA) is 58.5 Å². The van der Waals surface area contributed by atoms with E-state index in [1.165, 1.54) is 0 Å². The number of pyridine rings is 2. The van der Waals surface area contributed by atoms with Crippen LogP contribution in [0.5, 0.6) is 5.88 Å². The van der Waals surface area contributed by atoms with Crippen LogP contribution in [0.15, 0.2) is 18.2 Å². The summed E-state index contributed by atoms with van der Waals surface area (Å²) in [5.74, 6) is 1.61. The van der Waals surface area contributed by atoms with Crippen molar-refractivity contribution in [3.63, 3.8) is 0 Å². The third-order valence-electron chi connectivity index (χ3n) is 4.13. The van der Waals surface area contributed by atoms with Crippen molar-refractivity contribution in [3.8, 4) is 17.1 Å². The lowest BCUT2D eigenvalue weighted by Gasteiger charge is -2.20. The summed E-state index contributed by atoms with van der Waals surface area (Å²) in [5.41, 5.74) is 5.30. The van der Waals surface area contributed by atoms with E-state index in [-0.39, 0.29) is 6.61 Å². The zero-order valence-electron chi connectivity index (χ0n) is 16.0. The number of aryl methyl sites for hydroxylation is 3. The summed E-state index contributed by atoms with van der Waals surface area (Å²) in [4.78, 5) is 11.6. The van der Waals surface area contributed by atoms with E-state index >= 15 is 0 Å². The molecule has 0 unspecified atom stereocenters. The summed E-state index contributed by atoms with van der Waals surface area (Å²) < 4.78 is 5.53. The van der Waals surface area contributed by atoms with Crippen LogP contribution in [0.25, 0.3) is 11.3 Å². The normalized spacial score (nSPS) is 10.8. The molecular weight excluding hydrogens is 314 g/mol. The van der Waals surface area contributed by atoms with Gasteiger partial charge in [-0.2, -0.15) is 0 Å². The number of nitrogens with zero attached hydrogens (tertiary/aromatic N) is 3. The fourth-order valence-electron chi connectivity index (χ4n) is 2.97. The summed E-state index contributed by atoms with van der Waals surface area (Å²) in [6, 6.07) is 6.15. The predicted molar refractivity (Wildman–Crippen MR) is 102 cm³/mol. The van der Waals surface area contributed by atoms with Crippen molar-refractivity contribution < 1.29 is 9.84 Å². The third-order valence-corrected chi connectivity index (χ3v) is 4.13. The minimum absolute atomic E-state index is 0.191. The Kier molecular flexibility index (Phi) is 6.76. The van der Waals surface area contributed by atoms with E-state index in [1.807, 2.05) is 32.0 Å². The number of hydrogen-bond donors (Lipinski definition) is 1. The highest BCUT2D eigenvalue weighted by molar-refractivity contribution is 5.69. The first-order chi connectivity index (χ1) is 12.0. The molecule has 0 aromatic carbocycles. The maximum absolute atomic E-state index is 9.14. The molecule has 0 aliphatic carbocycles. The molecule has 0 fully saturated rings. The van der Waals surface area contributed by atoms with Crippen LogP contribution in [-0.4, -0.2) is 42.4 Å². The van der Waals surface area contributed by atoms with Gasteiger partial charge in [0.15, 0.2) is 0 Å². The number of rotatable bonds is 8. The quantitative estimate of drug-likeness (QED) is 0.796. The fraction of sp³-hybridized carbons (Fsp3) is 0.500. The number of aliphatic hydroxyl groups is 1. The smallest absolute Gasteiger partial charge is 0.213 e. The van der Waals surface area contributed by atoms with Gasteiger partial charge in [0.2, 0.25) is 5.88 Å². The Balaban J connectivity index is 2.53. The Labute approximate surface area is 150 Å². The largest absolute Gasteiger partial charge is 0.478 e. The molecule has 0 aliphatic heterocycles. The highest BCUT2D eigenvalue weighted by Gasteiger charge is 2.16. The first kappa shape index (κ1) is 19.2. The minimum Gasteiger partial charge on any atom is -0.478 e. The van der Waals surface area contributed by atoms with Gasteiger partial charge in [-0.15, -0.1) is 0 Å². The van der Waals surface area contributed by atoms with Gasteiger partial charge in [-0.25, -0.2) is 9.97 Å². The summed E-state index contributed by atoms with van der Waals surface area (Å²) in [7, 11) is 4.00. The van der Waals surface area contributed by atoms with E-state index in [9.17, 15) is 0 Å². The van der Waals surface area contributed by atoms with E-state index in [0.717, 1.165) is 53.2 Å². The second-order valence-corrected chi connectivity index (χ2v) is 6.29. The van der Waals surface area contributed by atoms with Crippen LogP contribution in [-0.2, 0) is 12.8 Å². The van der Waals surface area contributed by atoms with Gasteiger partial charge in [-0.05, 0) is 50.3 Å². The molecule has 0 aliphatic rings. The number of aliphatic hydroxyl groups excluding tert-OH is 1. The lowest BCUT2D eigenvalue weighted by atomic mass is 10.0. The number of ether oxygens (including phenoxy) is 1. The standard InChI is InChI=1S/C20H29N3O2/c1-6-17-16(10-11-18(21-17)25-7-2)19-14(3)13-15(9-8-12-24)20(22-19)23(4)5/h10-11,13,24H,6-9,12H2,1-5H3. The van der Waals surface area contributed by atoms with E-state index < -0.39 is 0 Å². The molecule has 0 spiro atoms. The van der Waals surface area contributed by atoms with Gasteiger partial charge in [0.05, 0.1) is 18.0 Å². The van der Waals surface area contributed by atoms with Gasteiger partial charge < -0.3 is 14.7 Å². The van der Waals surface area contributed by atoms with Gasteiger partial charge in [0.1, 0.15) is 5.82 Å². The van der Waals surface area contributed by atoms with Crippen LogP contribution in [0.2, 0.25) is 0 Å². The maximum Gasteiger partial charge on any atom is 0.213 e. The number of aromatic nitrogens is 2. The van der Waals surface area contributed by atoms with Crippen LogP contribution in [0, 0.1) is 6.92 Å². The van der Waals surface area contributed by atoms with E-state index in [0.29, 0.717) is 12.5 Å². The van der Waals surface area contributed by atoms with Crippen molar-refractivity contribution >= 4 is 5.82 Å². The van der Waals surface area contributed by atoms with Crippen LogP contribution < -0.4 is 9.64 Å². The van der Waals surface area contributed by atoms with E-state index in [2.05, 4.69) is 31.0 Å². The molecule has 0 saturated carbocycles. The second kappa shape index (κ2) is 8.81.